The average molecular weight is 373 g/mol. The predicted molar refractivity (Wildman–Crippen MR) is 114 cm³/mol. The van der Waals surface area contributed by atoms with Crippen LogP contribution in [0.1, 0.15) is 22.3 Å². The van der Waals surface area contributed by atoms with Crippen molar-refractivity contribution in [2.24, 2.45) is 0 Å². The first-order valence-electron chi connectivity index (χ1n) is 10.1. The van der Waals surface area contributed by atoms with E-state index in [-0.39, 0.29) is 0 Å². The Bertz CT molecular complexity index is 877. The van der Waals surface area contributed by atoms with E-state index in [1.54, 1.807) is 12.1 Å². The molecule has 0 fully saturated rings. The minimum Gasteiger partial charge on any atom is -0.508 e. The van der Waals surface area contributed by atoms with E-state index in [2.05, 4.69) is 64.8 Å². The molecule has 2 N–H and O–H groups in total. The lowest BCUT2D eigenvalue weighted by molar-refractivity contribution is 0.170. The first-order valence-corrected chi connectivity index (χ1v) is 10.1. The number of aromatic hydroxyl groups is 1. The molecule has 4 rings (SSSR count). The Morgan fingerprint density at radius 2 is 1.54 bits per heavy atom. The Balaban J connectivity index is 1.38. The highest BCUT2D eigenvalue weighted by Crippen LogP contribution is 2.25. The van der Waals surface area contributed by atoms with Gasteiger partial charge in [-0.1, -0.05) is 66.7 Å². The first-order chi connectivity index (χ1) is 13.8. The smallest absolute Gasteiger partial charge is 0.115 e. The van der Waals surface area contributed by atoms with Crippen LogP contribution in [0.4, 0.5) is 0 Å². The quantitative estimate of drug-likeness (QED) is 0.612. The molecule has 0 spiro atoms. The van der Waals surface area contributed by atoms with Gasteiger partial charge in [0.25, 0.3) is 0 Å². The average Bonchev–Trinajstić information content (AvgIpc) is 2.73. The molecule has 28 heavy (non-hydrogen) atoms. The third kappa shape index (κ3) is 4.80. The summed E-state index contributed by atoms with van der Waals surface area (Å²) in [5.74, 6) is 0.319. The third-order valence-corrected chi connectivity index (χ3v) is 5.62. The fraction of sp³-hybridized carbons (Fsp3) is 0.280. The minimum atomic E-state index is 0.319. The van der Waals surface area contributed by atoms with Crippen molar-refractivity contribution >= 4 is 0 Å². The highest BCUT2D eigenvalue weighted by atomic mass is 16.3. The van der Waals surface area contributed by atoms with Gasteiger partial charge in [0.05, 0.1) is 0 Å². The zero-order valence-corrected chi connectivity index (χ0v) is 16.2. The maximum atomic E-state index is 9.40. The number of benzene rings is 3. The maximum absolute atomic E-state index is 9.40. The van der Waals surface area contributed by atoms with Crippen LogP contribution in [-0.2, 0) is 25.9 Å². The van der Waals surface area contributed by atoms with Crippen LogP contribution < -0.4 is 5.32 Å². The molecule has 0 saturated heterocycles. The SMILES string of the molecule is Oc1ccc(CNCCN2Cc3ccccc3CC2Cc2ccccc2)cc1. The zero-order valence-electron chi connectivity index (χ0n) is 16.2. The number of phenols is 1. The number of hydrogen-bond acceptors (Lipinski definition) is 3. The van der Waals surface area contributed by atoms with Crippen molar-refractivity contribution in [1.82, 2.24) is 10.2 Å². The van der Waals surface area contributed by atoms with Crippen LogP contribution in [0, 0.1) is 0 Å². The van der Waals surface area contributed by atoms with Gasteiger partial charge in [0.15, 0.2) is 0 Å². The van der Waals surface area contributed by atoms with Crippen LogP contribution >= 0.6 is 0 Å². The summed E-state index contributed by atoms with van der Waals surface area (Å²) in [6.07, 6.45) is 2.20. The number of nitrogens with one attached hydrogen (secondary N) is 1. The van der Waals surface area contributed by atoms with Gasteiger partial charge in [0.2, 0.25) is 0 Å². The second-order valence-electron chi connectivity index (χ2n) is 7.63. The van der Waals surface area contributed by atoms with Gasteiger partial charge in [-0.15, -0.1) is 0 Å². The summed E-state index contributed by atoms with van der Waals surface area (Å²) in [5.41, 5.74) is 5.57. The van der Waals surface area contributed by atoms with Gasteiger partial charge in [0, 0.05) is 32.2 Å². The monoisotopic (exact) mass is 372 g/mol. The van der Waals surface area contributed by atoms with Crippen molar-refractivity contribution in [2.45, 2.75) is 32.0 Å². The number of fused-ring (bicyclic) bond motifs is 1. The third-order valence-electron chi connectivity index (χ3n) is 5.62. The Morgan fingerprint density at radius 1 is 0.821 bits per heavy atom. The Kier molecular flexibility index (Phi) is 6.05. The molecule has 0 saturated carbocycles. The molecule has 1 heterocycles. The molecule has 0 aromatic heterocycles. The molecular weight excluding hydrogens is 344 g/mol. The van der Waals surface area contributed by atoms with E-state index in [0.29, 0.717) is 11.8 Å². The number of phenolic OH excluding ortho intramolecular Hbond substituents is 1. The molecule has 1 aliphatic rings. The molecule has 3 aromatic carbocycles. The van der Waals surface area contributed by atoms with Crippen LogP contribution in [0.3, 0.4) is 0 Å². The molecule has 0 aliphatic carbocycles. The maximum Gasteiger partial charge on any atom is 0.115 e. The van der Waals surface area contributed by atoms with E-state index >= 15 is 0 Å². The fourth-order valence-corrected chi connectivity index (χ4v) is 4.06. The summed E-state index contributed by atoms with van der Waals surface area (Å²) in [5, 5.41) is 13.0. The lowest BCUT2D eigenvalue weighted by Gasteiger charge is -2.37. The minimum absolute atomic E-state index is 0.319. The van der Waals surface area contributed by atoms with Gasteiger partial charge >= 0.3 is 0 Å². The Morgan fingerprint density at radius 3 is 2.32 bits per heavy atom. The van der Waals surface area contributed by atoms with Crippen molar-refractivity contribution in [1.29, 1.82) is 0 Å². The molecule has 3 heteroatoms. The highest BCUT2D eigenvalue weighted by molar-refractivity contribution is 5.31. The van der Waals surface area contributed by atoms with E-state index in [0.717, 1.165) is 39.0 Å². The van der Waals surface area contributed by atoms with Crippen LogP contribution in [0.5, 0.6) is 5.75 Å². The van der Waals surface area contributed by atoms with Gasteiger partial charge in [0.1, 0.15) is 5.75 Å². The van der Waals surface area contributed by atoms with Gasteiger partial charge in [-0.05, 0) is 47.2 Å². The van der Waals surface area contributed by atoms with Crippen LogP contribution in [0.2, 0.25) is 0 Å². The molecular formula is C25H28N2O. The van der Waals surface area contributed by atoms with Crippen molar-refractivity contribution in [3.8, 4) is 5.75 Å². The number of hydrogen-bond donors (Lipinski definition) is 2. The molecule has 1 aliphatic heterocycles. The van der Waals surface area contributed by atoms with E-state index in [1.807, 2.05) is 12.1 Å². The standard InChI is InChI=1S/C25H28N2O/c28-25-12-10-21(11-13-25)18-26-14-15-27-19-23-9-5-4-8-22(23)17-24(27)16-20-6-2-1-3-7-20/h1-13,24,26,28H,14-19H2. The largest absolute Gasteiger partial charge is 0.508 e. The molecule has 0 bridgehead atoms. The molecule has 1 atom stereocenters. The summed E-state index contributed by atoms with van der Waals surface area (Å²) < 4.78 is 0. The second-order valence-corrected chi connectivity index (χ2v) is 7.63. The summed E-state index contributed by atoms with van der Waals surface area (Å²) in [7, 11) is 0. The molecule has 3 aromatic rings. The van der Waals surface area contributed by atoms with Gasteiger partial charge in [-0.3, -0.25) is 4.90 Å². The second kappa shape index (κ2) is 9.05. The molecule has 3 nitrogen and oxygen atoms in total. The zero-order chi connectivity index (χ0) is 19.2. The highest BCUT2D eigenvalue weighted by Gasteiger charge is 2.25. The molecule has 1 unspecified atom stereocenters. The fourth-order valence-electron chi connectivity index (χ4n) is 4.06. The van der Waals surface area contributed by atoms with Crippen molar-refractivity contribution in [3.05, 3.63) is 101 Å². The lowest BCUT2D eigenvalue weighted by Crippen LogP contribution is -2.44. The van der Waals surface area contributed by atoms with Crippen LogP contribution in [0.15, 0.2) is 78.9 Å². The number of nitrogens with zero attached hydrogens (tertiary/aromatic N) is 1. The van der Waals surface area contributed by atoms with Crippen molar-refractivity contribution < 1.29 is 5.11 Å². The topological polar surface area (TPSA) is 35.5 Å². The van der Waals surface area contributed by atoms with Crippen LogP contribution in [0.25, 0.3) is 0 Å². The van der Waals surface area contributed by atoms with E-state index in [9.17, 15) is 5.11 Å². The van der Waals surface area contributed by atoms with Gasteiger partial charge in [-0.2, -0.15) is 0 Å². The van der Waals surface area contributed by atoms with Crippen LogP contribution in [-0.4, -0.2) is 29.1 Å². The summed E-state index contributed by atoms with van der Waals surface area (Å²) in [6, 6.07) is 27.7. The summed E-state index contributed by atoms with van der Waals surface area (Å²) in [4.78, 5) is 2.62. The van der Waals surface area contributed by atoms with E-state index in [4.69, 9.17) is 0 Å². The molecule has 0 radical (unpaired) electrons. The molecule has 0 amide bonds. The Hall–Kier alpha value is -2.62. The Labute approximate surface area is 167 Å². The number of rotatable bonds is 7. The van der Waals surface area contributed by atoms with Crippen molar-refractivity contribution in [3.63, 3.8) is 0 Å². The van der Waals surface area contributed by atoms with E-state index < -0.39 is 0 Å². The van der Waals surface area contributed by atoms with Crippen molar-refractivity contribution in [2.75, 3.05) is 13.1 Å². The first kappa shape index (κ1) is 18.7. The predicted octanol–water partition coefficient (Wildman–Crippen LogP) is 4.15. The van der Waals surface area contributed by atoms with Gasteiger partial charge in [-0.25, -0.2) is 0 Å². The normalized spacial score (nSPS) is 16.6. The summed E-state index contributed by atoms with van der Waals surface area (Å²) >= 11 is 0. The van der Waals surface area contributed by atoms with E-state index in [1.165, 1.54) is 22.3 Å². The summed E-state index contributed by atoms with van der Waals surface area (Å²) in [6.45, 7) is 3.83. The molecule has 144 valence electrons. The van der Waals surface area contributed by atoms with Gasteiger partial charge < -0.3 is 10.4 Å². The lowest BCUT2D eigenvalue weighted by atomic mass is 9.90.